The SMILES string of the molecule is CCC1(CC)CCc2c(O)cc(S(=O)(=O)C(C)C)cc2O1. The molecule has 0 bridgehead atoms. The fourth-order valence-electron chi connectivity index (χ4n) is 2.77. The van der Waals surface area contributed by atoms with Gasteiger partial charge in [0.2, 0.25) is 0 Å². The van der Waals surface area contributed by atoms with Gasteiger partial charge in [0.05, 0.1) is 10.1 Å². The second kappa shape index (κ2) is 5.52. The molecule has 0 unspecified atom stereocenters. The Kier molecular flexibility index (Phi) is 4.24. The number of rotatable bonds is 4. The number of ether oxygens (including phenoxy) is 1. The van der Waals surface area contributed by atoms with Crippen LogP contribution in [0.4, 0.5) is 0 Å². The lowest BCUT2D eigenvalue weighted by atomic mass is 9.86. The van der Waals surface area contributed by atoms with Gasteiger partial charge in [-0.25, -0.2) is 8.42 Å². The monoisotopic (exact) mass is 312 g/mol. The Balaban J connectivity index is 2.52. The van der Waals surface area contributed by atoms with Crippen LogP contribution in [0.5, 0.6) is 11.5 Å². The molecule has 2 rings (SSSR count). The summed E-state index contributed by atoms with van der Waals surface area (Å²) >= 11 is 0. The largest absolute Gasteiger partial charge is 0.507 e. The van der Waals surface area contributed by atoms with Crippen molar-refractivity contribution in [1.82, 2.24) is 0 Å². The first-order valence-electron chi connectivity index (χ1n) is 7.54. The lowest BCUT2D eigenvalue weighted by Crippen LogP contribution is -2.38. The predicted octanol–water partition coefficient (Wildman–Crippen LogP) is 3.46. The highest BCUT2D eigenvalue weighted by Crippen LogP contribution is 2.42. The van der Waals surface area contributed by atoms with Crippen molar-refractivity contribution in [3.05, 3.63) is 17.7 Å². The van der Waals surface area contributed by atoms with E-state index in [0.29, 0.717) is 12.2 Å². The molecule has 21 heavy (non-hydrogen) atoms. The van der Waals surface area contributed by atoms with E-state index in [0.717, 1.165) is 24.8 Å². The highest BCUT2D eigenvalue weighted by atomic mass is 32.2. The Morgan fingerprint density at radius 1 is 1.29 bits per heavy atom. The summed E-state index contributed by atoms with van der Waals surface area (Å²) in [5, 5.41) is 9.63. The van der Waals surface area contributed by atoms with Crippen LogP contribution in [-0.2, 0) is 16.3 Å². The van der Waals surface area contributed by atoms with Crippen LogP contribution in [-0.4, -0.2) is 24.4 Å². The molecule has 0 aliphatic carbocycles. The topological polar surface area (TPSA) is 63.6 Å². The summed E-state index contributed by atoms with van der Waals surface area (Å²) in [6, 6.07) is 2.92. The van der Waals surface area contributed by atoms with E-state index in [9.17, 15) is 13.5 Å². The number of phenols is 1. The zero-order valence-corrected chi connectivity index (χ0v) is 14.0. The molecule has 0 amide bonds. The van der Waals surface area contributed by atoms with Gasteiger partial charge < -0.3 is 9.84 Å². The quantitative estimate of drug-likeness (QED) is 0.925. The Hall–Kier alpha value is -1.23. The molecule has 4 nitrogen and oxygen atoms in total. The number of fused-ring (bicyclic) bond motifs is 1. The zero-order chi connectivity index (χ0) is 15.8. The lowest BCUT2D eigenvalue weighted by molar-refractivity contribution is 0.0373. The molecule has 5 heteroatoms. The fraction of sp³-hybridized carbons (Fsp3) is 0.625. The van der Waals surface area contributed by atoms with E-state index in [2.05, 4.69) is 13.8 Å². The summed E-state index contributed by atoms with van der Waals surface area (Å²) in [5.74, 6) is 0.539. The minimum atomic E-state index is -3.42. The minimum absolute atomic E-state index is 0.0209. The fourth-order valence-corrected chi connectivity index (χ4v) is 3.86. The normalized spacial score (nSPS) is 17.4. The van der Waals surface area contributed by atoms with Gasteiger partial charge in [-0.05, 0) is 51.7 Å². The number of aromatic hydroxyl groups is 1. The Labute approximate surface area is 127 Å². The van der Waals surface area contributed by atoms with Crippen LogP contribution in [0.2, 0.25) is 0 Å². The van der Waals surface area contributed by atoms with Gasteiger partial charge in [0, 0.05) is 5.56 Å². The summed E-state index contributed by atoms with van der Waals surface area (Å²) < 4.78 is 30.7. The number of hydrogen-bond acceptors (Lipinski definition) is 4. The van der Waals surface area contributed by atoms with Gasteiger partial charge in [-0.1, -0.05) is 13.8 Å². The molecular formula is C16H24O4S. The second-order valence-electron chi connectivity index (χ2n) is 6.01. The van der Waals surface area contributed by atoms with Crippen molar-refractivity contribution in [3.63, 3.8) is 0 Å². The average Bonchev–Trinajstić information content (AvgIpc) is 2.46. The van der Waals surface area contributed by atoms with Gasteiger partial charge in [-0.2, -0.15) is 0 Å². The van der Waals surface area contributed by atoms with E-state index in [4.69, 9.17) is 4.74 Å². The van der Waals surface area contributed by atoms with Crippen molar-refractivity contribution in [2.45, 2.75) is 69.1 Å². The average molecular weight is 312 g/mol. The lowest BCUT2D eigenvalue weighted by Gasteiger charge is -2.38. The third-order valence-electron chi connectivity index (χ3n) is 4.55. The molecule has 0 saturated heterocycles. The highest BCUT2D eigenvalue weighted by Gasteiger charge is 2.35. The van der Waals surface area contributed by atoms with Crippen LogP contribution < -0.4 is 4.74 Å². The van der Waals surface area contributed by atoms with Crippen LogP contribution in [0.25, 0.3) is 0 Å². The third kappa shape index (κ3) is 2.76. The molecule has 118 valence electrons. The second-order valence-corrected chi connectivity index (χ2v) is 8.51. The summed E-state index contributed by atoms with van der Waals surface area (Å²) in [6.45, 7) is 7.41. The Morgan fingerprint density at radius 2 is 1.90 bits per heavy atom. The molecule has 0 radical (unpaired) electrons. The van der Waals surface area contributed by atoms with Crippen LogP contribution in [0, 0.1) is 0 Å². The van der Waals surface area contributed by atoms with Crippen molar-refractivity contribution in [2.24, 2.45) is 0 Å². The third-order valence-corrected chi connectivity index (χ3v) is 6.69. The van der Waals surface area contributed by atoms with Crippen LogP contribution in [0.15, 0.2) is 17.0 Å². The van der Waals surface area contributed by atoms with E-state index in [-0.39, 0.29) is 16.2 Å². The van der Waals surface area contributed by atoms with Crippen molar-refractivity contribution >= 4 is 9.84 Å². The van der Waals surface area contributed by atoms with Gasteiger partial charge in [-0.3, -0.25) is 0 Å². The molecule has 1 heterocycles. The Bertz CT molecular complexity index is 628. The van der Waals surface area contributed by atoms with E-state index in [1.165, 1.54) is 6.07 Å². The molecule has 1 aromatic carbocycles. The molecule has 0 atom stereocenters. The minimum Gasteiger partial charge on any atom is -0.507 e. The molecule has 0 aromatic heterocycles. The molecule has 1 aliphatic rings. The van der Waals surface area contributed by atoms with Crippen LogP contribution in [0.3, 0.4) is 0 Å². The van der Waals surface area contributed by atoms with Gasteiger partial charge >= 0.3 is 0 Å². The van der Waals surface area contributed by atoms with Crippen molar-refractivity contribution in [2.75, 3.05) is 0 Å². The first-order valence-corrected chi connectivity index (χ1v) is 9.09. The maximum atomic E-state index is 12.3. The predicted molar refractivity (Wildman–Crippen MR) is 82.7 cm³/mol. The maximum absolute atomic E-state index is 12.3. The van der Waals surface area contributed by atoms with Gasteiger partial charge in [0.25, 0.3) is 0 Å². The molecule has 0 saturated carbocycles. The van der Waals surface area contributed by atoms with E-state index < -0.39 is 15.1 Å². The Morgan fingerprint density at radius 3 is 2.43 bits per heavy atom. The molecular weight excluding hydrogens is 288 g/mol. The molecule has 1 N–H and O–H groups in total. The van der Waals surface area contributed by atoms with Gasteiger partial charge in [-0.15, -0.1) is 0 Å². The van der Waals surface area contributed by atoms with Crippen LogP contribution >= 0.6 is 0 Å². The molecule has 0 fully saturated rings. The molecule has 1 aromatic rings. The molecule has 0 spiro atoms. The smallest absolute Gasteiger partial charge is 0.180 e. The van der Waals surface area contributed by atoms with E-state index in [1.54, 1.807) is 19.9 Å². The maximum Gasteiger partial charge on any atom is 0.180 e. The number of sulfone groups is 1. The molecule has 1 aliphatic heterocycles. The number of phenolic OH excluding ortho intramolecular Hbond substituents is 1. The summed E-state index contributed by atoms with van der Waals surface area (Å²) in [4.78, 5) is 0.136. The van der Waals surface area contributed by atoms with Gasteiger partial charge in [0.15, 0.2) is 9.84 Å². The number of benzene rings is 1. The number of hydrogen-bond donors (Lipinski definition) is 1. The summed E-state index contributed by atoms with van der Waals surface area (Å²) in [6.07, 6.45) is 3.29. The van der Waals surface area contributed by atoms with Crippen molar-refractivity contribution < 1.29 is 18.3 Å². The van der Waals surface area contributed by atoms with Crippen LogP contribution in [0.1, 0.15) is 52.5 Å². The van der Waals surface area contributed by atoms with Crippen molar-refractivity contribution in [3.8, 4) is 11.5 Å². The first-order chi connectivity index (χ1) is 9.75. The standard InChI is InChI=1S/C16H24O4S/c1-5-16(6-2)8-7-13-14(17)9-12(10-15(13)20-16)21(18,19)11(3)4/h9-11,17H,5-8H2,1-4H3. The summed E-state index contributed by atoms with van der Waals surface area (Å²) in [7, 11) is -3.42. The van der Waals surface area contributed by atoms with Gasteiger partial charge in [0.1, 0.15) is 17.1 Å². The van der Waals surface area contributed by atoms with Crippen molar-refractivity contribution in [1.29, 1.82) is 0 Å². The summed E-state index contributed by atoms with van der Waals surface area (Å²) in [5.41, 5.74) is 0.467. The van der Waals surface area contributed by atoms with E-state index >= 15 is 0 Å². The highest BCUT2D eigenvalue weighted by molar-refractivity contribution is 7.92. The first kappa shape index (κ1) is 16.1. The van der Waals surface area contributed by atoms with E-state index in [1.807, 2.05) is 0 Å². The zero-order valence-electron chi connectivity index (χ0n) is 13.1.